The lowest BCUT2D eigenvalue weighted by Gasteiger charge is -2.38. The van der Waals surface area contributed by atoms with Gasteiger partial charge >= 0.3 is 0 Å². The molecule has 1 saturated heterocycles. The number of carbonyl (C=O) groups excluding carboxylic acids is 2. The van der Waals surface area contributed by atoms with Gasteiger partial charge in [-0.1, -0.05) is 63.2 Å². The number of benzene rings is 2. The third kappa shape index (κ3) is 5.22. The molecule has 2 aliphatic rings. The van der Waals surface area contributed by atoms with Gasteiger partial charge in [-0.05, 0) is 55.3 Å². The molecule has 1 aliphatic heterocycles. The highest BCUT2D eigenvalue weighted by Crippen LogP contribution is 2.40. The van der Waals surface area contributed by atoms with Gasteiger partial charge in [-0.25, -0.2) is 0 Å². The molecule has 4 rings (SSSR count). The molecule has 7 nitrogen and oxygen atoms in total. The van der Waals surface area contributed by atoms with Crippen LogP contribution in [0.25, 0.3) is 10.8 Å². The molecule has 0 spiro atoms. The minimum absolute atomic E-state index is 0.00651. The maximum atomic E-state index is 13.9. The zero-order valence-electron chi connectivity index (χ0n) is 21.5. The van der Waals surface area contributed by atoms with Crippen molar-refractivity contribution in [3.05, 3.63) is 48.0 Å². The first-order chi connectivity index (χ1) is 16.6. The molecule has 190 valence electrons. The molecule has 2 aromatic rings. The molecule has 1 unspecified atom stereocenters. The summed E-state index contributed by atoms with van der Waals surface area (Å²) in [5.41, 5.74) is 0.422. The first-order valence-electron chi connectivity index (χ1n) is 12.8. The third-order valence-electron chi connectivity index (χ3n) is 7.84. The Kier molecular flexibility index (Phi) is 7.50. The van der Waals surface area contributed by atoms with Crippen molar-refractivity contribution in [2.24, 2.45) is 11.3 Å². The Hall–Kier alpha value is -2.48. The van der Waals surface area contributed by atoms with Crippen LogP contribution in [0, 0.1) is 11.3 Å². The lowest BCUT2D eigenvalue weighted by molar-refractivity contribution is -0.141. The van der Waals surface area contributed by atoms with Crippen molar-refractivity contribution in [3.8, 4) is 0 Å². The normalized spacial score (nSPS) is 24.7. The minimum Gasteiger partial charge on any atom is -0.374 e. The van der Waals surface area contributed by atoms with Crippen LogP contribution in [-0.4, -0.2) is 59.6 Å². The molecule has 6 atom stereocenters. The summed E-state index contributed by atoms with van der Waals surface area (Å²) in [6, 6.07) is 13.0. The predicted octanol–water partition coefficient (Wildman–Crippen LogP) is 2.94. The summed E-state index contributed by atoms with van der Waals surface area (Å²) < 4.78 is 0. The van der Waals surface area contributed by atoms with Gasteiger partial charge in [-0.3, -0.25) is 14.9 Å². The van der Waals surface area contributed by atoms with E-state index in [2.05, 4.69) is 16.0 Å². The monoisotopic (exact) mass is 480 g/mol. The van der Waals surface area contributed by atoms with E-state index in [0.29, 0.717) is 12.5 Å². The minimum atomic E-state index is -0.822. The van der Waals surface area contributed by atoms with Crippen LogP contribution in [-0.2, 0) is 9.59 Å². The summed E-state index contributed by atoms with van der Waals surface area (Å²) in [5.74, 6) is 0.197. The summed E-state index contributed by atoms with van der Waals surface area (Å²) in [4.78, 5) is 28.5. The summed E-state index contributed by atoms with van der Waals surface area (Å²) in [5, 5.41) is 22.7. The third-order valence-corrected chi connectivity index (χ3v) is 7.84. The van der Waals surface area contributed by atoms with Gasteiger partial charge in [0.25, 0.3) is 0 Å². The van der Waals surface area contributed by atoms with Gasteiger partial charge in [0, 0.05) is 18.2 Å². The fraction of sp³-hybridized carbons (Fsp3) is 0.571. The second-order valence-corrected chi connectivity index (χ2v) is 11.2. The predicted molar refractivity (Wildman–Crippen MR) is 139 cm³/mol. The van der Waals surface area contributed by atoms with Gasteiger partial charge in [0.2, 0.25) is 11.8 Å². The Balaban J connectivity index is 1.53. The van der Waals surface area contributed by atoms with Gasteiger partial charge in [-0.15, -0.1) is 0 Å². The van der Waals surface area contributed by atoms with Gasteiger partial charge in [-0.2, -0.15) is 0 Å². The van der Waals surface area contributed by atoms with E-state index in [1.165, 1.54) is 0 Å². The number of aliphatic hydroxyl groups is 1. The van der Waals surface area contributed by atoms with Crippen molar-refractivity contribution >= 4 is 22.6 Å². The van der Waals surface area contributed by atoms with E-state index in [-0.39, 0.29) is 29.9 Å². The Bertz CT molecular complexity index is 1060. The van der Waals surface area contributed by atoms with Crippen LogP contribution < -0.4 is 16.0 Å². The van der Waals surface area contributed by atoms with Crippen LogP contribution in [0.1, 0.15) is 58.7 Å². The SMILES string of the molecule is CN[C@@H](C)C(=O)N[C@H](C(=O)N1CC[C@H]2CC[C@H](NC(O)c3cccc4ccccc34)[C@H]21)C(C)(C)C. The van der Waals surface area contributed by atoms with E-state index in [1.54, 1.807) is 14.0 Å². The van der Waals surface area contributed by atoms with Gasteiger partial charge in [0.1, 0.15) is 12.3 Å². The zero-order chi connectivity index (χ0) is 25.3. The van der Waals surface area contributed by atoms with Crippen molar-refractivity contribution in [3.63, 3.8) is 0 Å². The van der Waals surface area contributed by atoms with Crippen molar-refractivity contribution in [1.82, 2.24) is 20.9 Å². The van der Waals surface area contributed by atoms with E-state index in [1.807, 2.05) is 68.1 Å². The second-order valence-electron chi connectivity index (χ2n) is 11.2. The fourth-order valence-corrected chi connectivity index (χ4v) is 5.74. The van der Waals surface area contributed by atoms with Crippen molar-refractivity contribution in [2.45, 2.75) is 77.4 Å². The summed E-state index contributed by atoms with van der Waals surface area (Å²) >= 11 is 0. The van der Waals surface area contributed by atoms with Gasteiger partial charge in [0.15, 0.2) is 0 Å². The molecular weight excluding hydrogens is 440 g/mol. The Morgan fingerprint density at radius 3 is 2.49 bits per heavy atom. The zero-order valence-corrected chi connectivity index (χ0v) is 21.5. The second kappa shape index (κ2) is 10.2. The number of likely N-dealkylation sites (tertiary alicyclic amines) is 1. The molecule has 4 N–H and O–H groups in total. The Labute approximate surface area is 208 Å². The summed E-state index contributed by atoms with van der Waals surface area (Å²) in [6.45, 7) is 8.43. The lowest BCUT2D eigenvalue weighted by atomic mass is 9.85. The molecule has 1 heterocycles. The van der Waals surface area contributed by atoms with E-state index >= 15 is 0 Å². The molecule has 0 bridgehead atoms. The van der Waals surface area contributed by atoms with Crippen molar-refractivity contribution in [2.75, 3.05) is 13.6 Å². The maximum Gasteiger partial charge on any atom is 0.246 e. The topological polar surface area (TPSA) is 93.7 Å². The Morgan fingerprint density at radius 2 is 1.77 bits per heavy atom. The largest absolute Gasteiger partial charge is 0.374 e. The number of nitrogens with zero attached hydrogens (tertiary/aromatic N) is 1. The van der Waals surface area contributed by atoms with Gasteiger partial charge in [0.05, 0.1) is 12.1 Å². The highest BCUT2D eigenvalue weighted by atomic mass is 16.3. The Morgan fingerprint density at radius 1 is 1.06 bits per heavy atom. The number of carbonyl (C=O) groups is 2. The molecule has 1 saturated carbocycles. The van der Waals surface area contributed by atoms with Crippen LogP contribution in [0.3, 0.4) is 0 Å². The summed E-state index contributed by atoms with van der Waals surface area (Å²) in [7, 11) is 1.74. The molecule has 1 aliphatic carbocycles. The first kappa shape index (κ1) is 25.6. The molecule has 2 fully saturated rings. The van der Waals surface area contributed by atoms with Crippen LogP contribution in [0.2, 0.25) is 0 Å². The number of aliphatic hydroxyl groups excluding tert-OH is 1. The summed E-state index contributed by atoms with van der Waals surface area (Å²) in [6.07, 6.45) is 2.07. The van der Waals surface area contributed by atoms with E-state index in [4.69, 9.17) is 0 Å². The highest BCUT2D eigenvalue weighted by molar-refractivity contribution is 5.90. The van der Waals surface area contributed by atoms with E-state index in [9.17, 15) is 14.7 Å². The quantitative estimate of drug-likeness (QED) is 0.457. The van der Waals surface area contributed by atoms with Crippen LogP contribution in [0.15, 0.2) is 42.5 Å². The molecule has 0 radical (unpaired) electrons. The average molecular weight is 481 g/mol. The van der Waals surface area contributed by atoms with Crippen molar-refractivity contribution in [1.29, 1.82) is 0 Å². The number of likely N-dealkylation sites (N-methyl/N-ethyl adjacent to an activating group) is 1. The maximum absolute atomic E-state index is 13.9. The number of hydrogen-bond donors (Lipinski definition) is 4. The van der Waals surface area contributed by atoms with Gasteiger partial charge < -0.3 is 20.6 Å². The molecule has 0 aromatic heterocycles. The molecule has 2 aromatic carbocycles. The van der Waals surface area contributed by atoms with Crippen LogP contribution in [0.4, 0.5) is 0 Å². The standard InChI is InChI=1S/C28H40N4O3/c1-17(29-5)25(33)31-24(28(2,3)4)27(35)32-16-15-19-13-14-22(23(19)32)30-26(34)21-12-8-10-18-9-6-7-11-20(18)21/h6-12,17,19,22-24,26,29-30,34H,13-16H2,1-5H3,(H,31,33)/t17-,19+,22-,23-,24+,26?/m0/s1. The smallest absolute Gasteiger partial charge is 0.246 e. The van der Waals surface area contributed by atoms with E-state index < -0.39 is 17.7 Å². The number of rotatable bonds is 7. The molecular formula is C28H40N4O3. The first-order valence-corrected chi connectivity index (χ1v) is 12.8. The average Bonchev–Trinajstić information content (AvgIpc) is 3.43. The molecule has 2 amide bonds. The number of amides is 2. The van der Waals surface area contributed by atoms with Crippen LogP contribution >= 0.6 is 0 Å². The number of nitrogens with one attached hydrogen (secondary N) is 3. The molecule has 7 heteroatoms. The number of hydrogen-bond acceptors (Lipinski definition) is 5. The lowest BCUT2D eigenvalue weighted by Crippen LogP contribution is -2.60. The van der Waals surface area contributed by atoms with Crippen molar-refractivity contribution < 1.29 is 14.7 Å². The van der Waals surface area contributed by atoms with Crippen LogP contribution in [0.5, 0.6) is 0 Å². The van der Waals surface area contributed by atoms with E-state index in [0.717, 1.165) is 35.6 Å². The fourth-order valence-electron chi connectivity index (χ4n) is 5.74. The molecule has 35 heavy (non-hydrogen) atoms. The highest BCUT2D eigenvalue weighted by Gasteiger charge is 2.49. The number of fused-ring (bicyclic) bond motifs is 2.